The Kier molecular flexibility index (Phi) is 6.18. The quantitative estimate of drug-likeness (QED) is 0.545. The van der Waals surface area contributed by atoms with Crippen LogP contribution >= 0.6 is 0 Å². The number of aromatic carboxylic acids is 1. The lowest BCUT2D eigenvalue weighted by Gasteiger charge is -2.33. The van der Waals surface area contributed by atoms with E-state index >= 15 is 0 Å². The maximum atomic E-state index is 13.1. The first-order valence-electron chi connectivity index (χ1n) is 10.0. The molecule has 6 nitrogen and oxygen atoms in total. The highest BCUT2D eigenvalue weighted by atomic mass is 19.1. The molecule has 0 aliphatic rings. The van der Waals surface area contributed by atoms with Crippen LogP contribution in [0.3, 0.4) is 0 Å². The predicted molar refractivity (Wildman–Crippen MR) is 119 cm³/mol. The first-order valence-corrected chi connectivity index (χ1v) is 10.0. The van der Waals surface area contributed by atoms with Crippen LogP contribution < -0.4 is 10.7 Å². The predicted octanol–water partition coefficient (Wildman–Crippen LogP) is 4.34. The normalized spacial score (nSPS) is 12.7. The van der Waals surface area contributed by atoms with Crippen molar-refractivity contribution in [2.24, 2.45) is 5.41 Å². The molecular weight excluding hydrogens is 399 g/mol. The molecule has 1 heterocycles. The fourth-order valence-electron chi connectivity index (χ4n) is 3.68. The molecule has 31 heavy (non-hydrogen) atoms. The molecule has 3 rings (SSSR count). The Morgan fingerprint density at radius 2 is 1.84 bits per heavy atom. The smallest absolute Gasteiger partial charge is 0.341 e. The van der Waals surface area contributed by atoms with Crippen molar-refractivity contribution in [2.75, 3.05) is 11.9 Å². The van der Waals surface area contributed by atoms with E-state index in [1.807, 2.05) is 33.8 Å². The van der Waals surface area contributed by atoms with Crippen LogP contribution in [0.4, 0.5) is 10.1 Å². The minimum Gasteiger partial charge on any atom is -0.477 e. The first-order chi connectivity index (χ1) is 14.5. The SMILES string of the molecule is Cc1cc2c(cc1NCc1ccc(F)cc1)c(=O)c(C(=O)O)cn2C(CO)C(C)(C)C. The molecule has 1 aromatic heterocycles. The number of aliphatic hydroxyl groups is 1. The van der Waals surface area contributed by atoms with E-state index in [-0.39, 0.29) is 28.8 Å². The molecule has 3 N–H and O–H groups in total. The molecule has 0 spiro atoms. The third-order valence-electron chi connectivity index (χ3n) is 5.51. The average Bonchev–Trinajstić information content (AvgIpc) is 2.69. The Bertz CT molecular complexity index is 1180. The number of rotatable bonds is 6. The van der Waals surface area contributed by atoms with Crippen molar-refractivity contribution in [3.8, 4) is 0 Å². The lowest BCUT2D eigenvalue weighted by atomic mass is 9.86. The summed E-state index contributed by atoms with van der Waals surface area (Å²) in [5.74, 6) is -1.63. The lowest BCUT2D eigenvalue weighted by Crippen LogP contribution is -2.30. The van der Waals surface area contributed by atoms with E-state index in [2.05, 4.69) is 5.32 Å². The van der Waals surface area contributed by atoms with Gasteiger partial charge in [0.2, 0.25) is 5.43 Å². The molecule has 0 bridgehead atoms. The third-order valence-corrected chi connectivity index (χ3v) is 5.51. The Labute approximate surface area is 180 Å². The fraction of sp³-hybridized carbons (Fsp3) is 0.333. The zero-order valence-electron chi connectivity index (χ0n) is 18.1. The highest BCUT2D eigenvalue weighted by Gasteiger charge is 2.28. The largest absolute Gasteiger partial charge is 0.477 e. The van der Waals surface area contributed by atoms with Crippen LogP contribution in [0, 0.1) is 18.2 Å². The number of pyridine rings is 1. The van der Waals surface area contributed by atoms with Gasteiger partial charge in [-0.3, -0.25) is 4.79 Å². The molecule has 0 aliphatic heterocycles. The Balaban J connectivity index is 2.16. The number of hydrogen-bond acceptors (Lipinski definition) is 4. The molecule has 1 atom stereocenters. The summed E-state index contributed by atoms with van der Waals surface area (Å²) in [5.41, 5.74) is 1.67. The monoisotopic (exact) mass is 426 g/mol. The van der Waals surface area contributed by atoms with Crippen LogP contribution in [0.25, 0.3) is 10.9 Å². The van der Waals surface area contributed by atoms with Gasteiger partial charge in [-0.15, -0.1) is 0 Å². The molecule has 0 saturated heterocycles. The van der Waals surface area contributed by atoms with Gasteiger partial charge in [0.25, 0.3) is 0 Å². The summed E-state index contributed by atoms with van der Waals surface area (Å²) < 4.78 is 14.8. The average molecular weight is 426 g/mol. The second-order valence-electron chi connectivity index (χ2n) is 8.81. The van der Waals surface area contributed by atoms with E-state index < -0.39 is 17.4 Å². The van der Waals surface area contributed by atoms with Crippen LogP contribution in [0.5, 0.6) is 0 Å². The van der Waals surface area contributed by atoms with E-state index in [1.165, 1.54) is 18.3 Å². The molecule has 1 unspecified atom stereocenters. The van der Waals surface area contributed by atoms with Gasteiger partial charge in [0.15, 0.2) is 0 Å². The van der Waals surface area contributed by atoms with E-state index in [9.17, 15) is 24.2 Å². The van der Waals surface area contributed by atoms with Crippen molar-refractivity contribution in [3.05, 3.63) is 75.3 Å². The number of aliphatic hydroxyl groups excluding tert-OH is 1. The number of carboxylic acid groups (broad SMARTS) is 1. The standard InChI is InChI=1S/C24H27FN2O4/c1-14-9-20-17(10-19(14)26-11-15-5-7-16(25)8-6-15)22(29)18(23(30)31)12-27(20)21(13-28)24(2,3)4/h5-10,12,21,26,28H,11,13H2,1-4H3,(H,30,31). The number of anilines is 1. The minimum absolute atomic E-state index is 0.204. The number of nitrogens with zero attached hydrogens (tertiary/aromatic N) is 1. The van der Waals surface area contributed by atoms with Crippen LogP contribution in [-0.4, -0.2) is 27.4 Å². The van der Waals surface area contributed by atoms with E-state index in [4.69, 9.17) is 0 Å². The summed E-state index contributed by atoms with van der Waals surface area (Å²) in [7, 11) is 0. The summed E-state index contributed by atoms with van der Waals surface area (Å²) in [4.78, 5) is 24.7. The van der Waals surface area contributed by atoms with E-state index in [0.717, 1.165) is 11.1 Å². The molecule has 0 radical (unpaired) electrons. The van der Waals surface area contributed by atoms with Gasteiger partial charge < -0.3 is 20.1 Å². The number of carbonyl (C=O) groups is 1. The van der Waals surface area contributed by atoms with Crippen molar-refractivity contribution in [1.82, 2.24) is 4.57 Å². The second-order valence-corrected chi connectivity index (χ2v) is 8.81. The molecule has 7 heteroatoms. The minimum atomic E-state index is -1.31. The van der Waals surface area contributed by atoms with Gasteiger partial charge in [0, 0.05) is 23.8 Å². The molecule has 0 saturated carbocycles. The number of carboxylic acids is 1. The highest BCUT2D eigenvalue weighted by Crippen LogP contribution is 2.33. The fourth-order valence-corrected chi connectivity index (χ4v) is 3.68. The maximum Gasteiger partial charge on any atom is 0.341 e. The second kappa shape index (κ2) is 8.51. The molecular formula is C24H27FN2O4. The summed E-state index contributed by atoms with van der Waals surface area (Å²) in [5, 5.41) is 23.1. The number of aromatic nitrogens is 1. The van der Waals surface area contributed by atoms with Gasteiger partial charge in [-0.05, 0) is 47.7 Å². The van der Waals surface area contributed by atoms with E-state index in [1.54, 1.807) is 22.8 Å². The molecule has 0 amide bonds. The van der Waals surface area contributed by atoms with Crippen LogP contribution in [-0.2, 0) is 6.54 Å². The van der Waals surface area contributed by atoms with Gasteiger partial charge in [-0.1, -0.05) is 32.9 Å². The van der Waals surface area contributed by atoms with Gasteiger partial charge in [0.1, 0.15) is 11.4 Å². The zero-order chi connectivity index (χ0) is 22.9. The summed E-state index contributed by atoms with van der Waals surface area (Å²) in [6, 6.07) is 9.14. The van der Waals surface area contributed by atoms with Gasteiger partial charge in [-0.2, -0.15) is 0 Å². The number of nitrogens with one attached hydrogen (secondary N) is 1. The molecule has 0 fully saturated rings. The number of fused-ring (bicyclic) bond motifs is 1. The van der Waals surface area contributed by atoms with Gasteiger partial charge >= 0.3 is 5.97 Å². The zero-order valence-corrected chi connectivity index (χ0v) is 18.1. The molecule has 0 aliphatic carbocycles. The van der Waals surface area contributed by atoms with Crippen molar-refractivity contribution in [3.63, 3.8) is 0 Å². The first kappa shape index (κ1) is 22.5. The topological polar surface area (TPSA) is 91.6 Å². The lowest BCUT2D eigenvalue weighted by molar-refractivity contribution is 0.0692. The number of halogens is 1. The molecule has 2 aromatic carbocycles. The summed E-state index contributed by atoms with van der Waals surface area (Å²) in [6.07, 6.45) is 1.32. The van der Waals surface area contributed by atoms with Gasteiger partial charge in [0.05, 0.1) is 18.2 Å². The van der Waals surface area contributed by atoms with Crippen LogP contribution in [0.1, 0.15) is 48.3 Å². The summed E-state index contributed by atoms with van der Waals surface area (Å²) >= 11 is 0. The Morgan fingerprint density at radius 3 is 2.39 bits per heavy atom. The third kappa shape index (κ3) is 4.61. The number of hydrogen-bond donors (Lipinski definition) is 3. The van der Waals surface area contributed by atoms with Crippen molar-refractivity contribution in [1.29, 1.82) is 0 Å². The van der Waals surface area contributed by atoms with Crippen LogP contribution in [0.15, 0.2) is 47.4 Å². The van der Waals surface area contributed by atoms with E-state index in [0.29, 0.717) is 17.7 Å². The molecule has 164 valence electrons. The number of benzene rings is 2. The Hall–Kier alpha value is -3.19. The van der Waals surface area contributed by atoms with Crippen molar-refractivity contribution < 1.29 is 19.4 Å². The van der Waals surface area contributed by atoms with Crippen molar-refractivity contribution >= 4 is 22.6 Å². The summed E-state index contributed by atoms with van der Waals surface area (Å²) in [6.45, 7) is 7.94. The highest BCUT2D eigenvalue weighted by molar-refractivity contribution is 5.94. The van der Waals surface area contributed by atoms with Gasteiger partial charge in [-0.25, -0.2) is 9.18 Å². The number of aryl methyl sites for hydroxylation is 1. The van der Waals surface area contributed by atoms with Crippen molar-refractivity contribution in [2.45, 2.75) is 40.3 Å². The van der Waals surface area contributed by atoms with Crippen LogP contribution in [0.2, 0.25) is 0 Å². The Morgan fingerprint density at radius 1 is 1.19 bits per heavy atom. The maximum absolute atomic E-state index is 13.1. The molecule has 3 aromatic rings.